The maximum Gasteiger partial charge on any atom is 0.170 e. The second-order valence-corrected chi connectivity index (χ2v) is 5.50. The molecular formula is C15H17NO2S. The number of nitrogen functional groups attached to an aromatic ring is 1. The van der Waals surface area contributed by atoms with Gasteiger partial charge in [-0.25, -0.2) is 0 Å². The number of rotatable bonds is 5. The summed E-state index contributed by atoms with van der Waals surface area (Å²) in [6.45, 7) is 2.11. The van der Waals surface area contributed by atoms with Gasteiger partial charge in [0.25, 0.3) is 0 Å². The average molecular weight is 275 g/mol. The predicted molar refractivity (Wildman–Crippen MR) is 79.1 cm³/mol. The van der Waals surface area contributed by atoms with Crippen molar-refractivity contribution in [3.63, 3.8) is 0 Å². The van der Waals surface area contributed by atoms with Gasteiger partial charge in [0.2, 0.25) is 0 Å². The first kappa shape index (κ1) is 13.6. The summed E-state index contributed by atoms with van der Waals surface area (Å²) in [5.74, 6) is 0.576. The summed E-state index contributed by atoms with van der Waals surface area (Å²) >= 11 is 1.68. The number of nitrogens with two attached hydrogens (primary N) is 1. The van der Waals surface area contributed by atoms with E-state index in [-0.39, 0.29) is 5.78 Å². The Kier molecular flexibility index (Phi) is 4.22. The minimum absolute atomic E-state index is 0.0286. The summed E-state index contributed by atoms with van der Waals surface area (Å²) < 4.78 is 5.13. The minimum atomic E-state index is 0.0286. The van der Waals surface area contributed by atoms with Crippen molar-refractivity contribution in [3.8, 4) is 5.75 Å². The summed E-state index contributed by atoms with van der Waals surface area (Å²) in [6.07, 6.45) is 1.39. The fraction of sp³-hybridized carbons (Fsp3) is 0.267. The molecule has 0 radical (unpaired) electrons. The van der Waals surface area contributed by atoms with Crippen LogP contribution in [0.3, 0.4) is 0 Å². The monoisotopic (exact) mass is 275 g/mol. The van der Waals surface area contributed by atoms with Crippen LogP contribution in [0.1, 0.15) is 27.0 Å². The lowest BCUT2D eigenvalue weighted by Gasteiger charge is -2.08. The third kappa shape index (κ3) is 2.96. The van der Waals surface area contributed by atoms with Crippen molar-refractivity contribution >= 4 is 22.8 Å². The standard InChI is InChI=1S/C15H17NO2S/c1-3-10-7-8-11(19-10)9-13(17)12-5-4-6-14(18-2)15(12)16/h4-8H,3,9,16H2,1-2H3. The van der Waals surface area contributed by atoms with E-state index in [0.717, 1.165) is 11.3 Å². The zero-order valence-corrected chi connectivity index (χ0v) is 11.9. The van der Waals surface area contributed by atoms with Gasteiger partial charge in [0.1, 0.15) is 5.75 Å². The lowest BCUT2D eigenvalue weighted by atomic mass is 10.0. The Labute approximate surface area is 117 Å². The van der Waals surface area contributed by atoms with Crippen LogP contribution in [0.5, 0.6) is 5.75 Å². The average Bonchev–Trinajstić information content (AvgIpc) is 2.86. The first-order chi connectivity index (χ1) is 9.15. The number of benzene rings is 1. The van der Waals surface area contributed by atoms with E-state index in [2.05, 4.69) is 13.0 Å². The van der Waals surface area contributed by atoms with Crippen molar-refractivity contribution in [1.29, 1.82) is 0 Å². The van der Waals surface area contributed by atoms with Crippen LogP contribution in [0.15, 0.2) is 30.3 Å². The van der Waals surface area contributed by atoms with Crippen molar-refractivity contribution < 1.29 is 9.53 Å². The van der Waals surface area contributed by atoms with Gasteiger partial charge >= 0.3 is 0 Å². The highest BCUT2D eigenvalue weighted by Gasteiger charge is 2.14. The first-order valence-corrected chi connectivity index (χ1v) is 7.00. The Balaban J connectivity index is 2.20. The summed E-state index contributed by atoms with van der Waals surface area (Å²) in [7, 11) is 1.55. The van der Waals surface area contributed by atoms with E-state index in [1.807, 2.05) is 6.07 Å². The topological polar surface area (TPSA) is 52.3 Å². The Morgan fingerprint density at radius 3 is 2.63 bits per heavy atom. The van der Waals surface area contributed by atoms with Crippen LogP contribution < -0.4 is 10.5 Å². The Bertz CT molecular complexity index is 590. The SMILES string of the molecule is CCc1ccc(CC(=O)c2cccc(OC)c2N)s1. The van der Waals surface area contributed by atoms with Crippen molar-refractivity contribution in [3.05, 3.63) is 45.6 Å². The molecule has 4 heteroatoms. The molecule has 0 atom stereocenters. The predicted octanol–water partition coefficient (Wildman–Crippen LogP) is 3.33. The molecule has 100 valence electrons. The number of anilines is 1. The molecule has 2 N–H and O–H groups in total. The molecule has 1 aromatic heterocycles. The zero-order chi connectivity index (χ0) is 13.8. The molecule has 0 aliphatic heterocycles. The molecule has 19 heavy (non-hydrogen) atoms. The van der Waals surface area contributed by atoms with E-state index in [1.165, 1.54) is 4.88 Å². The normalized spacial score (nSPS) is 10.4. The fourth-order valence-corrected chi connectivity index (χ4v) is 2.88. The third-order valence-electron chi connectivity index (χ3n) is 2.99. The summed E-state index contributed by atoms with van der Waals surface area (Å²) in [5.41, 5.74) is 6.89. The van der Waals surface area contributed by atoms with Crippen LogP contribution in [0.4, 0.5) is 5.69 Å². The molecule has 0 bridgehead atoms. The molecule has 0 amide bonds. The number of thiophene rings is 1. The van der Waals surface area contributed by atoms with Crippen LogP contribution in [-0.2, 0) is 12.8 Å². The second-order valence-electron chi connectivity index (χ2n) is 4.24. The Hall–Kier alpha value is -1.81. The number of aryl methyl sites for hydroxylation is 1. The van der Waals surface area contributed by atoms with Gasteiger partial charge < -0.3 is 10.5 Å². The van der Waals surface area contributed by atoms with Gasteiger partial charge in [-0.2, -0.15) is 0 Å². The lowest BCUT2D eigenvalue weighted by molar-refractivity contribution is 0.0994. The number of methoxy groups -OCH3 is 1. The number of ketones is 1. The summed E-state index contributed by atoms with van der Waals surface area (Å²) in [5, 5.41) is 0. The number of para-hydroxylation sites is 1. The van der Waals surface area contributed by atoms with E-state index in [1.54, 1.807) is 36.6 Å². The summed E-state index contributed by atoms with van der Waals surface area (Å²) in [6, 6.07) is 9.37. The lowest BCUT2D eigenvalue weighted by Crippen LogP contribution is -2.07. The number of hydrogen-bond acceptors (Lipinski definition) is 4. The van der Waals surface area contributed by atoms with Crippen molar-refractivity contribution in [2.75, 3.05) is 12.8 Å². The minimum Gasteiger partial charge on any atom is -0.495 e. The van der Waals surface area contributed by atoms with Crippen molar-refractivity contribution in [2.45, 2.75) is 19.8 Å². The highest BCUT2D eigenvalue weighted by atomic mass is 32.1. The molecule has 0 unspecified atom stereocenters. The largest absolute Gasteiger partial charge is 0.495 e. The van der Waals surface area contributed by atoms with Crippen LogP contribution in [0.25, 0.3) is 0 Å². The number of ether oxygens (including phenoxy) is 1. The van der Waals surface area contributed by atoms with Crippen LogP contribution >= 0.6 is 11.3 Å². The van der Waals surface area contributed by atoms with Crippen LogP contribution in [-0.4, -0.2) is 12.9 Å². The van der Waals surface area contributed by atoms with Gasteiger partial charge in [-0.05, 0) is 30.7 Å². The molecule has 1 heterocycles. The van der Waals surface area contributed by atoms with E-state index in [4.69, 9.17) is 10.5 Å². The van der Waals surface area contributed by atoms with E-state index < -0.39 is 0 Å². The van der Waals surface area contributed by atoms with Gasteiger partial charge in [0, 0.05) is 21.7 Å². The Morgan fingerprint density at radius 1 is 1.26 bits per heavy atom. The maximum absolute atomic E-state index is 12.3. The Morgan fingerprint density at radius 2 is 2.00 bits per heavy atom. The molecule has 0 fully saturated rings. The molecule has 0 aliphatic carbocycles. The van der Waals surface area contributed by atoms with E-state index in [9.17, 15) is 4.79 Å². The molecular weight excluding hydrogens is 258 g/mol. The van der Waals surface area contributed by atoms with E-state index in [0.29, 0.717) is 23.4 Å². The van der Waals surface area contributed by atoms with Crippen molar-refractivity contribution in [2.24, 2.45) is 0 Å². The van der Waals surface area contributed by atoms with Crippen molar-refractivity contribution in [1.82, 2.24) is 0 Å². The quantitative estimate of drug-likeness (QED) is 0.672. The van der Waals surface area contributed by atoms with Gasteiger partial charge in [0.05, 0.1) is 12.8 Å². The highest BCUT2D eigenvalue weighted by Crippen LogP contribution is 2.27. The van der Waals surface area contributed by atoms with Crippen LogP contribution in [0, 0.1) is 0 Å². The van der Waals surface area contributed by atoms with Gasteiger partial charge in [-0.3, -0.25) is 4.79 Å². The third-order valence-corrected chi connectivity index (χ3v) is 4.22. The molecule has 3 nitrogen and oxygen atoms in total. The number of carbonyl (C=O) groups excluding carboxylic acids is 1. The number of hydrogen-bond donors (Lipinski definition) is 1. The highest BCUT2D eigenvalue weighted by molar-refractivity contribution is 7.12. The molecule has 0 saturated carbocycles. The maximum atomic E-state index is 12.3. The number of Topliss-reactive ketones (excluding diaryl/α,β-unsaturated/α-hetero) is 1. The van der Waals surface area contributed by atoms with Gasteiger partial charge in [-0.15, -0.1) is 11.3 Å². The zero-order valence-electron chi connectivity index (χ0n) is 11.1. The second kappa shape index (κ2) is 5.89. The molecule has 0 saturated heterocycles. The molecule has 2 rings (SSSR count). The molecule has 0 spiro atoms. The van der Waals surface area contributed by atoms with Crippen LogP contribution in [0.2, 0.25) is 0 Å². The fourth-order valence-electron chi connectivity index (χ4n) is 1.93. The first-order valence-electron chi connectivity index (χ1n) is 6.19. The van der Waals surface area contributed by atoms with E-state index >= 15 is 0 Å². The summed E-state index contributed by atoms with van der Waals surface area (Å²) in [4.78, 5) is 14.6. The number of carbonyl (C=O) groups is 1. The van der Waals surface area contributed by atoms with Gasteiger partial charge in [-0.1, -0.05) is 13.0 Å². The molecule has 2 aromatic rings. The molecule has 0 aliphatic rings. The van der Waals surface area contributed by atoms with Gasteiger partial charge in [0.15, 0.2) is 5.78 Å². The smallest absolute Gasteiger partial charge is 0.170 e. The molecule has 1 aromatic carbocycles.